The number of hydrogen-bond acceptors (Lipinski definition) is 9. The molecule has 4 amide bonds. The molecular formula is C30H40N4O8S. The number of amides is 4. The summed E-state index contributed by atoms with van der Waals surface area (Å²) in [6.07, 6.45) is -0.621. The molecule has 0 aromatic heterocycles. The van der Waals surface area contributed by atoms with E-state index < -0.39 is 47.6 Å². The van der Waals surface area contributed by atoms with Gasteiger partial charge in [-0.2, -0.15) is 0 Å². The highest BCUT2D eigenvalue weighted by Crippen LogP contribution is 2.13. The van der Waals surface area contributed by atoms with Gasteiger partial charge >= 0.3 is 12.1 Å². The minimum absolute atomic E-state index is 0.0372. The summed E-state index contributed by atoms with van der Waals surface area (Å²) in [5.41, 5.74) is 0.610. The van der Waals surface area contributed by atoms with Crippen LogP contribution < -0.4 is 21.3 Å². The molecule has 13 heteroatoms. The summed E-state index contributed by atoms with van der Waals surface area (Å²) in [5, 5.41) is 20.1. The molecule has 0 spiro atoms. The van der Waals surface area contributed by atoms with Crippen molar-refractivity contribution in [3.8, 4) is 5.75 Å². The van der Waals surface area contributed by atoms with E-state index in [9.17, 15) is 29.1 Å². The smallest absolute Gasteiger partial charge is 0.408 e. The Morgan fingerprint density at radius 2 is 1.37 bits per heavy atom. The third-order valence-electron chi connectivity index (χ3n) is 5.81. The van der Waals surface area contributed by atoms with Gasteiger partial charge in [0.2, 0.25) is 17.7 Å². The number of esters is 1. The number of methoxy groups -OCH3 is 1. The van der Waals surface area contributed by atoms with E-state index in [2.05, 4.69) is 21.3 Å². The van der Waals surface area contributed by atoms with Crippen LogP contribution in [-0.4, -0.2) is 77.4 Å². The van der Waals surface area contributed by atoms with E-state index in [1.807, 2.05) is 6.07 Å². The summed E-state index contributed by atoms with van der Waals surface area (Å²) in [4.78, 5) is 63.5. The Balaban J connectivity index is 2.27. The van der Waals surface area contributed by atoms with Gasteiger partial charge in [-0.05, 0) is 44.0 Å². The molecule has 0 saturated carbocycles. The van der Waals surface area contributed by atoms with Gasteiger partial charge in [0.05, 0.1) is 13.0 Å². The quantitative estimate of drug-likeness (QED) is 0.121. The molecule has 0 fully saturated rings. The molecule has 2 aromatic rings. The summed E-state index contributed by atoms with van der Waals surface area (Å²) < 4.78 is 10.2. The predicted octanol–water partition coefficient (Wildman–Crippen LogP) is 2.04. The molecule has 0 aliphatic rings. The number of phenols is 1. The lowest BCUT2D eigenvalue weighted by molar-refractivity contribution is -0.145. The number of ether oxygens (including phenoxy) is 2. The van der Waals surface area contributed by atoms with Gasteiger partial charge in [0.25, 0.3) is 0 Å². The Morgan fingerprint density at radius 1 is 0.814 bits per heavy atom. The first-order valence-electron chi connectivity index (χ1n) is 13.6. The van der Waals surface area contributed by atoms with Crippen LogP contribution in [0.1, 0.15) is 38.8 Å². The molecule has 0 aliphatic heterocycles. The van der Waals surface area contributed by atoms with E-state index >= 15 is 0 Å². The molecule has 0 radical (unpaired) electrons. The van der Waals surface area contributed by atoms with Gasteiger partial charge in [-0.1, -0.05) is 42.5 Å². The van der Waals surface area contributed by atoms with Crippen LogP contribution in [-0.2, 0) is 41.5 Å². The summed E-state index contributed by atoms with van der Waals surface area (Å²) >= 11 is 1.18. The van der Waals surface area contributed by atoms with Crippen LogP contribution in [0, 0.1) is 0 Å². The third-order valence-corrected chi connectivity index (χ3v) is 6.73. The first-order chi connectivity index (χ1) is 20.3. The highest BCUT2D eigenvalue weighted by atomic mass is 32.2. The van der Waals surface area contributed by atoms with Crippen molar-refractivity contribution in [3.05, 3.63) is 65.7 Å². The Kier molecular flexibility index (Phi) is 13.8. The van der Waals surface area contributed by atoms with E-state index in [0.717, 1.165) is 5.56 Å². The van der Waals surface area contributed by atoms with Gasteiger partial charge in [0.15, 0.2) is 0 Å². The van der Waals surface area contributed by atoms with E-state index in [-0.39, 0.29) is 36.1 Å². The molecule has 5 N–H and O–H groups in total. The molecule has 43 heavy (non-hydrogen) atoms. The van der Waals surface area contributed by atoms with Crippen molar-refractivity contribution in [1.82, 2.24) is 21.3 Å². The molecule has 234 valence electrons. The Labute approximate surface area is 255 Å². The zero-order chi connectivity index (χ0) is 32.0. The maximum absolute atomic E-state index is 13.5. The number of carbonyl (C=O) groups is 5. The molecule has 3 atom stereocenters. The summed E-state index contributed by atoms with van der Waals surface area (Å²) in [5.74, 6) is -2.03. The fraction of sp³-hybridized carbons (Fsp3) is 0.433. The van der Waals surface area contributed by atoms with Crippen LogP contribution in [0.5, 0.6) is 5.75 Å². The second kappa shape index (κ2) is 17.0. The first kappa shape index (κ1) is 34.9. The van der Waals surface area contributed by atoms with Gasteiger partial charge in [0.1, 0.15) is 29.5 Å². The van der Waals surface area contributed by atoms with Crippen LogP contribution in [0.2, 0.25) is 0 Å². The van der Waals surface area contributed by atoms with Crippen molar-refractivity contribution in [2.45, 2.75) is 64.3 Å². The fourth-order valence-electron chi connectivity index (χ4n) is 3.77. The molecular weight excluding hydrogens is 576 g/mol. The number of carbonyl (C=O) groups excluding carboxylic acids is 5. The molecule has 12 nitrogen and oxygen atoms in total. The number of alkyl carbamates (subject to hydrolysis) is 1. The average Bonchev–Trinajstić information content (AvgIpc) is 2.93. The highest BCUT2D eigenvalue weighted by Gasteiger charge is 2.31. The number of phenolic OH excluding ortho intramolecular Hbond substituents is 1. The first-order valence-corrected chi connectivity index (χ1v) is 14.7. The maximum Gasteiger partial charge on any atom is 0.408 e. The SMILES string of the molecule is COC(=O)[C@H](Cc1ccc(O)cc1)NC(=O)[C@H](CSCNC(C)=O)NC(=O)[C@@H](Cc1ccccc1)NC(=O)OC(C)(C)C. The van der Waals surface area contributed by atoms with Gasteiger partial charge < -0.3 is 35.8 Å². The molecule has 2 rings (SSSR count). The lowest BCUT2D eigenvalue weighted by atomic mass is 10.0. The van der Waals surface area contributed by atoms with E-state index in [4.69, 9.17) is 9.47 Å². The van der Waals surface area contributed by atoms with Gasteiger partial charge in [-0.25, -0.2) is 9.59 Å². The van der Waals surface area contributed by atoms with Gasteiger partial charge in [0, 0.05) is 25.5 Å². The average molecular weight is 617 g/mol. The normalized spacial score (nSPS) is 13.0. The zero-order valence-electron chi connectivity index (χ0n) is 25.0. The fourth-order valence-corrected chi connectivity index (χ4v) is 4.66. The molecule has 0 saturated heterocycles. The Morgan fingerprint density at radius 3 is 1.95 bits per heavy atom. The molecule has 2 aromatic carbocycles. The van der Waals surface area contributed by atoms with Gasteiger partial charge in [-0.15, -0.1) is 11.8 Å². The van der Waals surface area contributed by atoms with Crippen molar-refractivity contribution in [2.24, 2.45) is 0 Å². The van der Waals surface area contributed by atoms with E-state index in [0.29, 0.717) is 5.56 Å². The number of thioether (sulfide) groups is 1. The van der Waals surface area contributed by atoms with Gasteiger partial charge in [-0.3, -0.25) is 14.4 Å². The van der Waals surface area contributed by atoms with E-state index in [1.54, 1.807) is 57.2 Å². The Hall–Kier alpha value is -4.26. The number of benzene rings is 2. The number of aromatic hydroxyl groups is 1. The number of rotatable bonds is 14. The van der Waals surface area contributed by atoms with Crippen LogP contribution in [0.3, 0.4) is 0 Å². The van der Waals surface area contributed by atoms with Crippen molar-refractivity contribution in [1.29, 1.82) is 0 Å². The topological polar surface area (TPSA) is 172 Å². The van der Waals surface area contributed by atoms with Crippen LogP contribution in [0.15, 0.2) is 54.6 Å². The summed E-state index contributed by atoms with van der Waals surface area (Å²) in [6, 6.07) is 11.8. The maximum atomic E-state index is 13.5. The molecule has 0 unspecified atom stereocenters. The third kappa shape index (κ3) is 13.5. The monoisotopic (exact) mass is 616 g/mol. The van der Waals surface area contributed by atoms with Crippen LogP contribution in [0.4, 0.5) is 4.79 Å². The number of hydrogen-bond donors (Lipinski definition) is 5. The van der Waals surface area contributed by atoms with E-state index in [1.165, 1.54) is 37.9 Å². The summed E-state index contributed by atoms with van der Waals surface area (Å²) in [7, 11) is 1.19. The second-order valence-corrected chi connectivity index (χ2v) is 11.7. The molecule has 0 bridgehead atoms. The number of nitrogens with one attached hydrogen (secondary N) is 4. The summed E-state index contributed by atoms with van der Waals surface area (Å²) in [6.45, 7) is 6.44. The predicted molar refractivity (Wildman–Crippen MR) is 162 cm³/mol. The standard InChI is InChI=1S/C30H40N4O8S/c1-19(35)31-18-43-17-25(27(38)32-24(28(39)41-5)16-21-11-13-22(36)14-12-21)33-26(37)23(15-20-9-7-6-8-10-20)34-29(40)42-30(2,3)4/h6-14,23-25,36H,15-18H2,1-5H3,(H,31,35)(H,32,38)(H,33,37)(H,34,40)/t23-,24+,25+/m1/s1. The lowest BCUT2D eigenvalue weighted by Gasteiger charge is -2.26. The minimum Gasteiger partial charge on any atom is -0.508 e. The minimum atomic E-state index is -1.16. The van der Waals surface area contributed by atoms with Crippen LogP contribution >= 0.6 is 11.8 Å². The van der Waals surface area contributed by atoms with Crippen molar-refractivity contribution in [3.63, 3.8) is 0 Å². The second-order valence-electron chi connectivity index (χ2n) is 10.7. The van der Waals surface area contributed by atoms with Crippen molar-refractivity contribution < 1.29 is 38.6 Å². The van der Waals surface area contributed by atoms with Crippen molar-refractivity contribution >= 4 is 41.5 Å². The molecule has 0 heterocycles. The highest BCUT2D eigenvalue weighted by molar-refractivity contribution is 7.99. The zero-order valence-corrected chi connectivity index (χ0v) is 25.8. The lowest BCUT2D eigenvalue weighted by Crippen LogP contribution is -2.57. The largest absolute Gasteiger partial charge is 0.508 e. The molecule has 0 aliphatic carbocycles. The van der Waals surface area contributed by atoms with Crippen molar-refractivity contribution in [2.75, 3.05) is 18.7 Å². The van der Waals surface area contributed by atoms with Crippen LogP contribution in [0.25, 0.3) is 0 Å². The Bertz CT molecular complexity index is 1230.